The lowest BCUT2D eigenvalue weighted by Gasteiger charge is -2.45. The van der Waals surface area contributed by atoms with E-state index in [2.05, 4.69) is 6.92 Å². The molecule has 1 N–H and O–H groups in total. The lowest BCUT2D eigenvalue weighted by molar-refractivity contribution is -0.111. The minimum atomic E-state index is -0.0792. The van der Waals surface area contributed by atoms with Crippen molar-refractivity contribution in [2.75, 3.05) is 6.61 Å². The van der Waals surface area contributed by atoms with Gasteiger partial charge in [0.25, 0.3) is 0 Å². The number of aliphatic hydroxyl groups excluding tert-OH is 1. The van der Waals surface area contributed by atoms with Gasteiger partial charge < -0.3 is 9.84 Å². The molecular weight excluding hydrogens is 296 g/mol. The second-order valence-electron chi connectivity index (χ2n) is 8.44. The Labute approximate surface area is 150 Å². The van der Waals surface area contributed by atoms with Gasteiger partial charge in [0.05, 0.1) is 12.2 Å². The Morgan fingerprint density at radius 2 is 1.33 bits per heavy atom. The van der Waals surface area contributed by atoms with Crippen LogP contribution in [0.1, 0.15) is 110 Å². The highest BCUT2D eigenvalue weighted by atomic mass is 16.5. The van der Waals surface area contributed by atoms with E-state index in [1.807, 2.05) is 0 Å². The first-order valence-corrected chi connectivity index (χ1v) is 11.1. The maximum absolute atomic E-state index is 10.1. The predicted octanol–water partition coefficient (Wildman–Crippen LogP) is 6.25. The molecule has 0 heterocycles. The van der Waals surface area contributed by atoms with Crippen LogP contribution in [0, 0.1) is 11.8 Å². The van der Waals surface area contributed by atoms with Crippen LogP contribution in [0.3, 0.4) is 0 Å². The molecule has 4 unspecified atom stereocenters. The van der Waals surface area contributed by atoms with Crippen LogP contribution in [0.2, 0.25) is 0 Å². The average Bonchev–Trinajstić information content (AvgIpc) is 2.59. The normalized spacial score (nSPS) is 29.2. The molecule has 3 rings (SSSR count). The van der Waals surface area contributed by atoms with Crippen LogP contribution in [0.5, 0.6) is 0 Å². The van der Waals surface area contributed by atoms with Gasteiger partial charge in [0.2, 0.25) is 0 Å². The van der Waals surface area contributed by atoms with E-state index in [9.17, 15) is 5.11 Å². The lowest BCUT2D eigenvalue weighted by atomic mass is 9.67. The van der Waals surface area contributed by atoms with E-state index in [1.54, 1.807) is 0 Å². The predicted molar refractivity (Wildman–Crippen MR) is 102 cm³/mol. The fourth-order valence-corrected chi connectivity index (χ4v) is 4.78. The van der Waals surface area contributed by atoms with E-state index in [-0.39, 0.29) is 6.10 Å². The van der Waals surface area contributed by atoms with Gasteiger partial charge in [0.15, 0.2) is 0 Å². The third-order valence-electron chi connectivity index (χ3n) is 6.35. The monoisotopic (exact) mass is 338 g/mol. The summed E-state index contributed by atoms with van der Waals surface area (Å²) in [7, 11) is 0. The van der Waals surface area contributed by atoms with Gasteiger partial charge in [0.1, 0.15) is 0 Å². The molecule has 2 nitrogen and oxygen atoms in total. The van der Waals surface area contributed by atoms with Crippen molar-refractivity contribution >= 4 is 0 Å². The Bertz CT molecular complexity index is 304. The number of unbranched alkanes of at least 4 members (excludes halogenated alkanes) is 11. The highest BCUT2D eigenvalue weighted by Crippen LogP contribution is 2.42. The summed E-state index contributed by atoms with van der Waals surface area (Å²) >= 11 is 0. The molecule has 0 aromatic heterocycles. The van der Waals surface area contributed by atoms with Crippen LogP contribution >= 0.6 is 0 Å². The van der Waals surface area contributed by atoms with Crippen molar-refractivity contribution < 1.29 is 9.84 Å². The van der Waals surface area contributed by atoms with E-state index >= 15 is 0 Å². The van der Waals surface area contributed by atoms with Crippen molar-refractivity contribution in [1.29, 1.82) is 0 Å². The second kappa shape index (κ2) is 12.3. The van der Waals surface area contributed by atoms with Crippen LogP contribution in [-0.2, 0) is 4.74 Å². The summed E-state index contributed by atoms with van der Waals surface area (Å²) < 4.78 is 6.12. The van der Waals surface area contributed by atoms with Crippen molar-refractivity contribution in [3.8, 4) is 0 Å². The van der Waals surface area contributed by atoms with E-state index in [1.165, 1.54) is 96.3 Å². The third-order valence-corrected chi connectivity index (χ3v) is 6.35. The minimum absolute atomic E-state index is 0.0792. The zero-order valence-electron chi connectivity index (χ0n) is 16.2. The molecule has 2 bridgehead atoms. The fourth-order valence-electron chi connectivity index (χ4n) is 4.78. The maximum atomic E-state index is 10.1. The van der Waals surface area contributed by atoms with Gasteiger partial charge in [-0.05, 0) is 38.0 Å². The number of hydrogen-bond acceptors (Lipinski definition) is 2. The van der Waals surface area contributed by atoms with Crippen molar-refractivity contribution in [2.24, 2.45) is 11.8 Å². The summed E-state index contributed by atoms with van der Waals surface area (Å²) in [6, 6.07) is 0. The van der Waals surface area contributed by atoms with Gasteiger partial charge in [-0.1, -0.05) is 77.6 Å². The molecule has 3 saturated carbocycles. The van der Waals surface area contributed by atoms with Gasteiger partial charge in [-0.15, -0.1) is 0 Å². The number of fused-ring (bicyclic) bond motifs is 3. The quantitative estimate of drug-likeness (QED) is 0.379. The van der Waals surface area contributed by atoms with Crippen LogP contribution < -0.4 is 0 Å². The van der Waals surface area contributed by atoms with Crippen LogP contribution in [0.4, 0.5) is 0 Å². The maximum Gasteiger partial charge on any atom is 0.0630 e. The zero-order chi connectivity index (χ0) is 17.0. The Balaban J connectivity index is 1.34. The van der Waals surface area contributed by atoms with Crippen LogP contribution in [0.15, 0.2) is 0 Å². The van der Waals surface area contributed by atoms with Gasteiger partial charge in [-0.3, -0.25) is 0 Å². The molecule has 0 radical (unpaired) electrons. The molecule has 0 aromatic rings. The molecule has 0 spiro atoms. The number of aliphatic hydroxyl groups is 1. The average molecular weight is 339 g/mol. The Morgan fingerprint density at radius 3 is 1.88 bits per heavy atom. The highest BCUT2D eigenvalue weighted by Gasteiger charge is 2.41. The standard InChI is InChI=1S/C22H42O2/c1-2-3-4-5-6-7-8-9-10-11-12-13-16-24-22-18-19-14-15-20(22)21(23)17-19/h19-23H,2-18H2,1H3. The molecule has 24 heavy (non-hydrogen) atoms. The number of ether oxygens (including phenoxy) is 1. The topological polar surface area (TPSA) is 29.5 Å². The Morgan fingerprint density at radius 1 is 0.750 bits per heavy atom. The summed E-state index contributed by atoms with van der Waals surface area (Å²) in [4.78, 5) is 0. The molecule has 142 valence electrons. The van der Waals surface area contributed by atoms with Crippen LogP contribution in [-0.4, -0.2) is 23.9 Å². The highest BCUT2D eigenvalue weighted by molar-refractivity contribution is 4.92. The number of rotatable bonds is 14. The molecule has 4 atom stereocenters. The molecule has 3 fully saturated rings. The Hall–Kier alpha value is -0.0800. The van der Waals surface area contributed by atoms with E-state index in [4.69, 9.17) is 4.74 Å². The second-order valence-corrected chi connectivity index (χ2v) is 8.44. The Kier molecular flexibility index (Phi) is 10.4. The SMILES string of the molecule is CCCCCCCCCCCCCCOC1CC2CCC1C(O)C2. The summed E-state index contributed by atoms with van der Waals surface area (Å²) in [5.41, 5.74) is 0. The minimum Gasteiger partial charge on any atom is -0.393 e. The fraction of sp³-hybridized carbons (Fsp3) is 1.00. The van der Waals surface area contributed by atoms with Crippen molar-refractivity contribution in [3.05, 3.63) is 0 Å². The van der Waals surface area contributed by atoms with Crippen molar-refractivity contribution in [3.63, 3.8) is 0 Å². The molecule has 3 aliphatic rings. The first kappa shape index (κ1) is 20.2. The van der Waals surface area contributed by atoms with Crippen molar-refractivity contribution in [2.45, 2.75) is 122 Å². The molecule has 3 aliphatic carbocycles. The molecule has 0 amide bonds. The summed E-state index contributed by atoms with van der Waals surface area (Å²) in [6.45, 7) is 3.20. The van der Waals surface area contributed by atoms with Gasteiger partial charge in [-0.2, -0.15) is 0 Å². The first-order valence-electron chi connectivity index (χ1n) is 11.1. The molecule has 2 heteroatoms. The zero-order valence-corrected chi connectivity index (χ0v) is 16.2. The summed E-state index contributed by atoms with van der Waals surface area (Å²) in [6.07, 6.45) is 21.7. The van der Waals surface area contributed by atoms with E-state index < -0.39 is 0 Å². The largest absolute Gasteiger partial charge is 0.393 e. The molecule has 0 aliphatic heterocycles. The third kappa shape index (κ3) is 7.44. The summed E-state index contributed by atoms with van der Waals surface area (Å²) in [5.74, 6) is 1.17. The summed E-state index contributed by atoms with van der Waals surface area (Å²) in [5, 5.41) is 10.1. The number of hydrogen-bond donors (Lipinski definition) is 1. The molecular formula is C22H42O2. The molecule has 0 aromatic carbocycles. The van der Waals surface area contributed by atoms with E-state index in [0.717, 1.165) is 18.9 Å². The van der Waals surface area contributed by atoms with E-state index in [0.29, 0.717) is 12.0 Å². The van der Waals surface area contributed by atoms with Crippen molar-refractivity contribution in [1.82, 2.24) is 0 Å². The lowest BCUT2D eigenvalue weighted by Crippen LogP contribution is -2.45. The first-order chi connectivity index (χ1) is 11.8. The van der Waals surface area contributed by atoms with Crippen LogP contribution in [0.25, 0.3) is 0 Å². The molecule has 0 saturated heterocycles. The smallest absolute Gasteiger partial charge is 0.0630 e. The van der Waals surface area contributed by atoms with Gasteiger partial charge in [0, 0.05) is 12.5 Å². The van der Waals surface area contributed by atoms with Gasteiger partial charge in [-0.25, -0.2) is 0 Å². The van der Waals surface area contributed by atoms with Gasteiger partial charge >= 0.3 is 0 Å².